The normalized spacial score (nSPS) is 11.8. The van der Waals surface area contributed by atoms with E-state index < -0.39 is 12.0 Å². The SMILES string of the molecule is C=CCOc1ccccc1CC(NC)C(=O)O. The fourth-order valence-corrected chi connectivity index (χ4v) is 1.49. The van der Waals surface area contributed by atoms with Gasteiger partial charge in [0.25, 0.3) is 0 Å². The summed E-state index contributed by atoms with van der Waals surface area (Å²) in [5.74, 6) is -0.167. The van der Waals surface area contributed by atoms with Crippen LogP contribution >= 0.6 is 0 Å². The minimum absolute atomic E-state index is 0.388. The zero-order chi connectivity index (χ0) is 12.7. The van der Waals surface area contributed by atoms with E-state index in [0.29, 0.717) is 18.8 Å². The second-order valence-corrected chi connectivity index (χ2v) is 3.59. The van der Waals surface area contributed by atoms with Gasteiger partial charge in [-0.15, -0.1) is 0 Å². The first-order valence-electron chi connectivity index (χ1n) is 5.40. The Hall–Kier alpha value is -1.81. The molecule has 0 fully saturated rings. The molecular weight excluding hydrogens is 218 g/mol. The first-order chi connectivity index (χ1) is 8.19. The average molecular weight is 235 g/mol. The van der Waals surface area contributed by atoms with Crippen LogP contribution in [-0.2, 0) is 11.2 Å². The second kappa shape index (κ2) is 6.70. The fraction of sp³-hybridized carbons (Fsp3) is 0.308. The van der Waals surface area contributed by atoms with Crippen molar-refractivity contribution in [1.82, 2.24) is 5.32 Å². The molecule has 92 valence electrons. The van der Waals surface area contributed by atoms with Gasteiger partial charge in [-0.1, -0.05) is 30.9 Å². The van der Waals surface area contributed by atoms with Crippen LogP contribution in [0.1, 0.15) is 5.56 Å². The number of aliphatic carboxylic acids is 1. The van der Waals surface area contributed by atoms with Gasteiger partial charge in [-0.3, -0.25) is 4.79 Å². The van der Waals surface area contributed by atoms with E-state index >= 15 is 0 Å². The summed E-state index contributed by atoms with van der Waals surface area (Å²) in [6.45, 7) is 3.99. The molecule has 0 aromatic heterocycles. The second-order valence-electron chi connectivity index (χ2n) is 3.59. The summed E-state index contributed by atoms with van der Waals surface area (Å²) < 4.78 is 5.47. The molecule has 0 aliphatic carbocycles. The number of rotatable bonds is 7. The lowest BCUT2D eigenvalue weighted by molar-refractivity contribution is -0.139. The maximum atomic E-state index is 10.9. The van der Waals surface area contributed by atoms with Crippen LogP contribution in [0.5, 0.6) is 5.75 Å². The van der Waals surface area contributed by atoms with Gasteiger partial charge in [0.2, 0.25) is 0 Å². The van der Waals surface area contributed by atoms with E-state index in [4.69, 9.17) is 9.84 Å². The van der Waals surface area contributed by atoms with Crippen molar-refractivity contribution in [2.24, 2.45) is 0 Å². The standard InChI is InChI=1S/C13H17NO3/c1-3-8-17-12-7-5-4-6-10(12)9-11(14-2)13(15)16/h3-7,11,14H,1,8-9H2,2H3,(H,15,16). The summed E-state index contributed by atoms with van der Waals surface area (Å²) in [6.07, 6.45) is 2.04. The maximum Gasteiger partial charge on any atom is 0.321 e. The van der Waals surface area contributed by atoms with Gasteiger partial charge in [-0.25, -0.2) is 0 Å². The molecule has 0 saturated carbocycles. The van der Waals surface area contributed by atoms with Crippen molar-refractivity contribution in [2.45, 2.75) is 12.5 Å². The summed E-state index contributed by atoms with van der Waals surface area (Å²) >= 11 is 0. The third-order valence-electron chi connectivity index (χ3n) is 2.40. The topological polar surface area (TPSA) is 58.6 Å². The Morgan fingerprint density at radius 1 is 1.59 bits per heavy atom. The highest BCUT2D eigenvalue weighted by atomic mass is 16.5. The van der Waals surface area contributed by atoms with E-state index in [2.05, 4.69) is 11.9 Å². The number of carboxylic acids is 1. The van der Waals surface area contributed by atoms with Crippen molar-refractivity contribution in [3.8, 4) is 5.75 Å². The van der Waals surface area contributed by atoms with Crippen molar-refractivity contribution >= 4 is 5.97 Å². The van der Waals surface area contributed by atoms with Gasteiger partial charge >= 0.3 is 5.97 Å². The predicted octanol–water partition coefficient (Wildman–Crippen LogP) is 1.47. The molecule has 4 heteroatoms. The van der Waals surface area contributed by atoms with Crippen LogP contribution in [0.15, 0.2) is 36.9 Å². The molecule has 1 atom stereocenters. The lowest BCUT2D eigenvalue weighted by Crippen LogP contribution is -2.35. The van der Waals surface area contributed by atoms with Gasteiger partial charge in [0.15, 0.2) is 0 Å². The van der Waals surface area contributed by atoms with Gasteiger partial charge in [-0.2, -0.15) is 0 Å². The minimum atomic E-state index is -0.869. The first-order valence-corrected chi connectivity index (χ1v) is 5.40. The highest BCUT2D eigenvalue weighted by molar-refractivity contribution is 5.74. The van der Waals surface area contributed by atoms with E-state index in [1.807, 2.05) is 24.3 Å². The smallest absolute Gasteiger partial charge is 0.321 e. The quantitative estimate of drug-likeness (QED) is 0.703. The van der Waals surface area contributed by atoms with Crippen LogP contribution in [0.25, 0.3) is 0 Å². The van der Waals surface area contributed by atoms with Gasteiger partial charge in [0.1, 0.15) is 18.4 Å². The molecule has 0 aliphatic heterocycles. The highest BCUT2D eigenvalue weighted by Gasteiger charge is 2.17. The molecule has 2 N–H and O–H groups in total. The number of hydrogen-bond acceptors (Lipinski definition) is 3. The number of carbonyl (C=O) groups is 1. The van der Waals surface area contributed by atoms with Crippen LogP contribution < -0.4 is 10.1 Å². The van der Waals surface area contributed by atoms with Crippen LogP contribution in [0, 0.1) is 0 Å². The van der Waals surface area contributed by atoms with Crippen LogP contribution in [0.4, 0.5) is 0 Å². The monoisotopic (exact) mass is 235 g/mol. The summed E-state index contributed by atoms with van der Waals surface area (Å²) in [6, 6.07) is 6.81. The number of likely N-dealkylation sites (N-methyl/N-ethyl adjacent to an activating group) is 1. The van der Waals surface area contributed by atoms with Crippen molar-refractivity contribution in [1.29, 1.82) is 0 Å². The third kappa shape index (κ3) is 3.92. The Morgan fingerprint density at radius 2 is 2.29 bits per heavy atom. The van der Waals surface area contributed by atoms with Gasteiger partial charge < -0.3 is 15.2 Å². The summed E-state index contributed by atoms with van der Waals surface area (Å²) in [7, 11) is 1.63. The van der Waals surface area contributed by atoms with Crippen molar-refractivity contribution in [2.75, 3.05) is 13.7 Å². The minimum Gasteiger partial charge on any atom is -0.489 e. The molecular formula is C13H17NO3. The Morgan fingerprint density at radius 3 is 2.88 bits per heavy atom. The molecule has 0 spiro atoms. The van der Waals surface area contributed by atoms with E-state index in [1.165, 1.54) is 0 Å². The van der Waals surface area contributed by atoms with Crippen LogP contribution in [0.2, 0.25) is 0 Å². The average Bonchev–Trinajstić information content (AvgIpc) is 2.34. The summed E-state index contributed by atoms with van der Waals surface area (Å²) in [4.78, 5) is 10.9. The number of para-hydroxylation sites is 1. The maximum absolute atomic E-state index is 10.9. The Balaban J connectivity index is 2.81. The van der Waals surface area contributed by atoms with E-state index in [1.54, 1.807) is 13.1 Å². The van der Waals surface area contributed by atoms with Crippen molar-refractivity contribution < 1.29 is 14.6 Å². The van der Waals surface area contributed by atoms with Crippen LogP contribution in [-0.4, -0.2) is 30.8 Å². The van der Waals surface area contributed by atoms with Crippen molar-refractivity contribution in [3.63, 3.8) is 0 Å². The molecule has 0 saturated heterocycles. The molecule has 1 aromatic rings. The molecule has 0 aliphatic rings. The fourth-order valence-electron chi connectivity index (χ4n) is 1.49. The summed E-state index contributed by atoms with van der Waals surface area (Å²) in [5, 5.41) is 11.7. The van der Waals surface area contributed by atoms with Crippen molar-refractivity contribution in [3.05, 3.63) is 42.5 Å². The summed E-state index contributed by atoms with van der Waals surface area (Å²) in [5.41, 5.74) is 0.871. The van der Waals surface area contributed by atoms with Gasteiger partial charge in [-0.05, 0) is 18.7 Å². The molecule has 17 heavy (non-hydrogen) atoms. The number of benzene rings is 1. The van der Waals surface area contributed by atoms with E-state index in [9.17, 15) is 4.79 Å². The van der Waals surface area contributed by atoms with E-state index in [0.717, 1.165) is 5.56 Å². The van der Waals surface area contributed by atoms with E-state index in [-0.39, 0.29) is 0 Å². The number of ether oxygens (including phenoxy) is 1. The zero-order valence-corrected chi connectivity index (χ0v) is 9.85. The predicted molar refractivity (Wildman–Crippen MR) is 66.3 cm³/mol. The Kier molecular flexibility index (Phi) is 5.23. The van der Waals surface area contributed by atoms with Gasteiger partial charge in [0.05, 0.1) is 0 Å². The largest absolute Gasteiger partial charge is 0.489 e. The zero-order valence-electron chi connectivity index (χ0n) is 9.85. The molecule has 1 rings (SSSR count). The third-order valence-corrected chi connectivity index (χ3v) is 2.40. The Labute approximate surface area is 101 Å². The molecule has 0 bridgehead atoms. The lowest BCUT2D eigenvalue weighted by atomic mass is 10.1. The number of hydrogen-bond donors (Lipinski definition) is 2. The van der Waals surface area contributed by atoms with Gasteiger partial charge in [0, 0.05) is 6.42 Å². The molecule has 1 unspecified atom stereocenters. The Bertz CT molecular complexity index is 390. The lowest BCUT2D eigenvalue weighted by Gasteiger charge is -2.14. The molecule has 0 radical (unpaired) electrons. The number of carboxylic acid groups (broad SMARTS) is 1. The first kappa shape index (κ1) is 13.3. The van der Waals surface area contributed by atoms with Crippen LogP contribution in [0.3, 0.4) is 0 Å². The molecule has 0 amide bonds. The molecule has 0 heterocycles. The molecule has 1 aromatic carbocycles. The highest BCUT2D eigenvalue weighted by Crippen LogP contribution is 2.19. The number of nitrogens with one attached hydrogen (secondary N) is 1. The molecule has 4 nitrogen and oxygen atoms in total.